The molecule has 0 bridgehead atoms. The molecule has 5 aromatic rings. The Morgan fingerprint density at radius 1 is 1.03 bits per heavy atom. The fourth-order valence-corrected chi connectivity index (χ4v) is 4.85. The lowest BCUT2D eigenvalue weighted by Gasteiger charge is -2.35. The number of para-hydroxylation sites is 1. The maximum absolute atomic E-state index is 13.6. The second-order valence-electron chi connectivity index (χ2n) is 8.98. The van der Waals surface area contributed by atoms with Crippen LogP contribution in [0.2, 0.25) is 0 Å². The fraction of sp³-hybridized carbons (Fsp3) is 0.138. The number of hydrogen-bond acceptors (Lipinski definition) is 6. The number of anilines is 2. The van der Waals surface area contributed by atoms with Crippen LogP contribution in [-0.4, -0.2) is 40.4 Å². The zero-order chi connectivity index (χ0) is 24.5. The van der Waals surface area contributed by atoms with Crippen LogP contribution in [0.4, 0.5) is 11.6 Å². The molecule has 0 saturated carbocycles. The van der Waals surface area contributed by atoms with Crippen LogP contribution in [0.25, 0.3) is 22.0 Å². The molecule has 7 nitrogen and oxygen atoms in total. The number of aromatic nitrogens is 3. The van der Waals surface area contributed by atoms with Gasteiger partial charge in [-0.15, -0.1) is 0 Å². The zero-order valence-corrected chi connectivity index (χ0v) is 19.7. The van der Waals surface area contributed by atoms with Crippen molar-refractivity contribution in [1.29, 1.82) is 0 Å². The number of piperazine rings is 1. The van der Waals surface area contributed by atoms with Crippen molar-refractivity contribution in [1.82, 2.24) is 20.3 Å². The minimum absolute atomic E-state index is 0. The number of nitrogen functional groups attached to an aromatic ring is 1. The van der Waals surface area contributed by atoms with Crippen molar-refractivity contribution in [3.05, 3.63) is 108 Å². The summed E-state index contributed by atoms with van der Waals surface area (Å²) in [4.78, 5) is 28.1. The Kier molecular flexibility index (Phi) is 5.67. The molecule has 4 heterocycles. The average molecular weight is 481 g/mol. The number of ketones is 1. The molecule has 6 rings (SSSR count). The summed E-state index contributed by atoms with van der Waals surface area (Å²) in [7, 11) is 0. The first-order chi connectivity index (χ1) is 17.7. The number of hydrogen-bond donors (Lipinski definition) is 3. The van der Waals surface area contributed by atoms with E-state index in [2.05, 4.69) is 44.5 Å². The predicted octanol–water partition coefficient (Wildman–Crippen LogP) is 5.33. The average Bonchev–Trinajstić information content (AvgIpc) is 3.38. The number of pyridine rings is 2. The highest BCUT2D eigenvalue weighted by atomic mass is 16.1. The summed E-state index contributed by atoms with van der Waals surface area (Å²) >= 11 is 0. The van der Waals surface area contributed by atoms with Crippen molar-refractivity contribution >= 4 is 28.3 Å². The Morgan fingerprint density at radius 2 is 1.86 bits per heavy atom. The Balaban J connectivity index is 0.00000140. The number of nitrogens with one attached hydrogen (secondary N) is 2. The van der Waals surface area contributed by atoms with Crippen molar-refractivity contribution in [2.75, 3.05) is 30.3 Å². The Labute approximate surface area is 213 Å². The van der Waals surface area contributed by atoms with E-state index >= 15 is 0 Å². The highest BCUT2D eigenvalue weighted by Gasteiger charge is 2.23. The molecule has 1 aliphatic heterocycles. The molecule has 1 fully saturated rings. The Bertz CT molecular complexity index is 1560. The molecule has 184 valence electrons. The van der Waals surface area contributed by atoms with E-state index in [0.717, 1.165) is 47.5 Å². The van der Waals surface area contributed by atoms with E-state index in [1.807, 2.05) is 54.7 Å². The van der Waals surface area contributed by atoms with Crippen LogP contribution < -0.4 is 16.0 Å². The maximum Gasteiger partial charge on any atom is 0.215 e. The summed E-state index contributed by atoms with van der Waals surface area (Å²) in [6.45, 7) is 2.42. The minimum atomic E-state index is -0.238. The van der Waals surface area contributed by atoms with Crippen LogP contribution in [-0.2, 0) is 0 Å². The van der Waals surface area contributed by atoms with Gasteiger partial charge in [-0.05, 0) is 29.8 Å². The summed E-state index contributed by atoms with van der Waals surface area (Å²) < 4.78 is 0. The van der Waals surface area contributed by atoms with Gasteiger partial charge in [0.15, 0.2) is 0 Å². The lowest BCUT2D eigenvalue weighted by atomic mass is 10.0. The number of carbonyl (C=O) groups excluding carboxylic acids is 1. The van der Waals surface area contributed by atoms with Gasteiger partial charge < -0.3 is 20.9 Å². The van der Waals surface area contributed by atoms with Gasteiger partial charge in [0, 0.05) is 64.4 Å². The van der Waals surface area contributed by atoms with Crippen molar-refractivity contribution in [3.63, 3.8) is 0 Å². The SMILES string of the molecule is Nc1ncc(-c2c[nH]c3ccccc23)cc1C(=O)c1cccc(N2CCNC(c3ccccc3)C2)n1.[HH].[HH].[HH]. The first-order valence-electron chi connectivity index (χ1n) is 12.0. The van der Waals surface area contributed by atoms with Crippen LogP contribution in [0.3, 0.4) is 0 Å². The fourth-order valence-electron chi connectivity index (χ4n) is 4.85. The van der Waals surface area contributed by atoms with E-state index in [0.29, 0.717) is 11.3 Å². The van der Waals surface area contributed by atoms with E-state index < -0.39 is 0 Å². The standard InChI is InChI=1S/C29H26N6O.3H2/c30-29-22(15-20(16-33-29)23-17-32-24-10-5-4-9-21(23)24)28(36)25-11-6-12-27(34-25)35-14-13-31-26(18-35)19-7-2-1-3-8-19;;;/h1-12,15-17,26,31-32H,13-14,18H2,(H2,30,33);3*1H. The Morgan fingerprint density at radius 3 is 2.75 bits per heavy atom. The van der Waals surface area contributed by atoms with Crippen LogP contribution in [0.15, 0.2) is 91.3 Å². The quantitative estimate of drug-likeness (QED) is 0.294. The molecule has 3 aromatic heterocycles. The largest absolute Gasteiger partial charge is 0.383 e. The van der Waals surface area contributed by atoms with Gasteiger partial charge in [-0.3, -0.25) is 4.79 Å². The molecule has 0 spiro atoms. The lowest BCUT2D eigenvalue weighted by Crippen LogP contribution is -2.46. The number of nitrogens with zero attached hydrogens (tertiary/aromatic N) is 3. The molecular formula is C29H32N6O. The molecule has 1 unspecified atom stereocenters. The van der Waals surface area contributed by atoms with Crippen LogP contribution >= 0.6 is 0 Å². The van der Waals surface area contributed by atoms with Gasteiger partial charge >= 0.3 is 0 Å². The number of benzene rings is 2. The van der Waals surface area contributed by atoms with Crippen molar-refractivity contribution in [2.45, 2.75) is 6.04 Å². The second kappa shape index (κ2) is 9.28. The predicted molar refractivity (Wildman–Crippen MR) is 149 cm³/mol. The lowest BCUT2D eigenvalue weighted by molar-refractivity contribution is 0.103. The van der Waals surface area contributed by atoms with Gasteiger partial charge in [0.2, 0.25) is 5.78 Å². The maximum atomic E-state index is 13.6. The molecule has 1 saturated heterocycles. The Hall–Kier alpha value is -4.49. The highest BCUT2D eigenvalue weighted by molar-refractivity contribution is 6.11. The molecule has 7 heteroatoms. The normalized spacial score (nSPS) is 15.8. The molecule has 1 atom stereocenters. The number of nitrogens with two attached hydrogens (primary N) is 1. The highest BCUT2D eigenvalue weighted by Crippen LogP contribution is 2.30. The number of H-pyrrole nitrogens is 1. The van der Waals surface area contributed by atoms with Crippen molar-refractivity contribution in [3.8, 4) is 11.1 Å². The first-order valence-corrected chi connectivity index (χ1v) is 12.0. The van der Waals surface area contributed by atoms with Gasteiger partial charge in [-0.25, -0.2) is 9.97 Å². The van der Waals surface area contributed by atoms with Gasteiger partial charge in [0.1, 0.15) is 17.3 Å². The molecule has 0 aliphatic carbocycles. The van der Waals surface area contributed by atoms with Gasteiger partial charge in [-0.2, -0.15) is 0 Å². The summed E-state index contributed by atoms with van der Waals surface area (Å²) in [6.07, 6.45) is 3.63. The number of aromatic amines is 1. The number of rotatable bonds is 5. The monoisotopic (exact) mass is 480 g/mol. The molecule has 2 aromatic carbocycles. The van der Waals surface area contributed by atoms with E-state index in [4.69, 9.17) is 10.7 Å². The minimum Gasteiger partial charge on any atom is -0.383 e. The summed E-state index contributed by atoms with van der Waals surface area (Å²) in [5.41, 5.74) is 10.9. The smallest absolute Gasteiger partial charge is 0.215 e. The van der Waals surface area contributed by atoms with Crippen LogP contribution in [0.1, 0.15) is 31.9 Å². The molecule has 36 heavy (non-hydrogen) atoms. The third kappa shape index (κ3) is 4.10. The molecular weight excluding hydrogens is 448 g/mol. The topological polar surface area (TPSA) is 99.9 Å². The number of carbonyl (C=O) groups is 1. The third-order valence-electron chi connectivity index (χ3n) is 6.73. The first kappa shape index (κ1) is 22.0. The van der Waals surface area contributed by atoms with E-state index in [1.165, 1.54) is 5.56 Å². The van der Waals surface area contributed by atoms with Crippen molar-refractivity contribution < 1.29 is 9.07 Å². The van der Waals surface area contributed by atoms with E-state index in [9.17, 15) is 4.79 Å². The van der Waals surface area contributed by atoms with Gasteiger partial charge in [0.05, 0.1) is 5.56 Å². The van der Waals surface area contributed by atoms with Crippen LogP contribution in [0.5, 0.6) is 0 Å². The van der Waals surface area contributed by atoms with Crippen LogP contribution in [0, 0.1) is 0 Å². The molecule has 0 radical (unpaired) electrons. The molecule has 0 amide bonds. The van der Waals surface area contributed by atoms with Gasteiger partial charge in [-0.1, -0.05) is 54.6 Å². The summed E-state index contributed by atoms with van der Waals surface area (Å²) in [6, 6.07) is 26.0. The van der Waals surface area contributed by atoms with E-state index in [1.54, 1.807) is 12.3 Å². The van der Waals surface area contributed by atoms with Crippen molar-refractivity contribution in [2.24, 2.45) is 0 Å². The molecule has 4 N–H and O–H groups in total. The summed E-state index contributed by atoms with van der Waals surface area (Å²) in [5.74, 6) is 0.739. The summed E-state index contributed by atoms with van der Waals surface area (Å²) in [5, 5.41) is 4.64. The zero-order valence-electron chi connectivity index (χ0n) is 19.7. The molecule has 1 aliphatic rings. The van der Waals surface area contributed by atoms with Gasteiger partial charge in [0.25, 0.3) is 0 Å². The number of fused-ring (bicyclic) bond motifs is 1. The third-order valence-corrected chi connectivity index (χ3v) is 6.73. The second-order valence-corrected chi connectivity index (χ2v) is 8.98. The van der Waals surface area contributed by atoms with E-state index in [-0.39, 0.29) is 21.9 Å².